The number of amides is 2. The Morgan fingerprint density at radius 2 is 1.83 bits per heavy atom. The van der Waals surface area contributed by atoms with Crippen molar-refractivity contribution in [2.75, 3.05) is 7.11 Å². The Labute approximate surface area is 170 Å². The van der Waals surface area contributed by atoms with E-state index < -0.39 is 16.7 Å². The zero-order valence-corrected chi connectivity index (χ0v) is 15.9. The molecule has 1 aliphatic heterocycles. The highest BCUT2D eigenvalue weighted by Crippen LogP contribution is 2.30. The molecule has 0 spiro atoms. The second-order valence-electron chi connectivity index (χ2n) is 5.92. The van der Waals surface area contributed by atoms with Crippen LogP contribution in [-0.2, 0) is 16.2 Å². The van der Waals surface area contributed by atoms with Gasteiger partial charge in [-0.15, -0.1) is 0 Å². The number of methoxy groups -OCH3 is 1. The van der Waals surface area contributed by atoms with Crippen molar-refractivity contribution >= 4 is 40.9 Å². The Hall–Kier alpha value is -3.79. The van der Waals surface area contributed by atoms with E-state index in [1.807, 2.05) is 0 Å². The fourth-order valence-electron chi connectivity index (χ4n) is 2.59. The van der Waals surface area contributed by atoms with Crippen molar-refractivity contribution in [3.63, 3.8) is 0 Å². The second-order valence-corrected chi connectivity index (χ2v) is 6.33. The molecule has 1 heterocycles. The number of thiocarbonyl (C=S) groups is 1. The van der Waals surface area contributed by atoms with E-state index in [0.717, 1.165) is 0 Å². The van der Waals surface area contributed by atoms with Gasteiger partial charge in [0.1, 0.15) is 12.2 Å². The Morgan fingerprint density at radius 1 is 1.10 bits per heavy atom. The number of non-ortho nitro benzene ring substituents is 1. The van der Waals surface area contributed by atoms with E-state index in [1.54, 1.807) is 30.3 Å². The van der Waals surface area contributed by atoms with Crippen LogP contribution in [0.3, 0.4) is 0 Å². The molecule has 0 bridgehead atoms. The molecule has 0 saturated carbocycles. The molecule has 0 aliphatic carbocycles. The van der Waals surface area contributed by atoms with Crippen LogP contribution in [-0.4, -0.2) is 29.0 Å². The molecule has 3 rings (SSSR count). The van der Waals surface area contributed by atoms with E-state index in [1.165, 1.54) is 25.3 Å². The first kappa shape index (κ1) is 20.0. The van der Waals surface area contributed by atoms with Crippen LogP contribution in [0.15, 0.2) is 48.0 Å². The fourth-order valence-corrected chi connectivity index (χ4v) is 2.77. The van der Waals surface area contributed by atoms with Crippen molar-refractivity contribution in [3.05, 3.63) is 69.3 Å². The van der Waals surface area contributed by atoms with E-state index in [9.17, 15) is 19.7 Å². The molecule has 0 atom stereocenters. The minimum Gasteiger partial charge on any atom is -0.493 e. The van der Waals surface area contributed by atoms with E-state index in [-0.39, 0.29) is 23.0 Å². The van der Waals surface area contributed by atoms with Crippen LogP contribution in [0.2, 0.25) is 0 Å². The lowest BCUT2D eigenvalue weighted by Gasteiger charge is -2.16. The van der Waals surface area contributed by atoms with Crippen LogP contribution < -0.4 is 20.1 Å². The van der Waals surface area contributed by atoms with Gasteiger partial charge in [0, 0.05) is 12.1 Å². The van der Waals surface area contributed by atoms with Gasteiger partial charge in [-0.1, -0.05) is 18.2 Å². The lowest BCUT2D eigenvalue weighted by molar-refractivity contribution is -0.384. The number of hydrogen-bond donors (Lipinski definition) is 2. The number of benzene rings is 2. The third-order valence-corrected chi connectivity index (χ3v) is 4.16. The summed E-state index contributed by atoms with van der Waals surface area (Å²) in [6.45, 7) is 0.0979. The second kappa shape index (κ2) is 8.48. The summed E-state index contributed by atoms with van der Waals surface area (Å²) in [5.74, 6) is -0.413. The highest BCUT2D eigenvalue weighted by molar-refractivity contribution is 7.80. The van der Waals surface area contributed by atoms with Gasteiger partial charge >= 0.3 is 0 Å². The lowest BCUT2D eigenvalue weighted by Crippen LogP contribution is -2.51. The van der Waals surface area contributed by atoms with E-state index in [4.69, 9.17) is 21.7 Å². The predicted molar refractivity (Wildman–Crippen MR) is 107 cm³/mol. The van der Waals surface area contributed by atoms with Gasteiger partial charge < -0.3 is 9.47 Å². The van der Waals surface area contributed by atoms with Crippen molar-refractivity contribution in [3.8, 4) is 11.5 Å². The number of ether oxygens (including phenoxy) is 2. The molecule has 148 valence electrons. The summed E-state index contributed by atoms with van der Waals surface area (Å²) in [4.78, 5) is 34.3. The molecule has 0 aromatic heterocycles. The third kappa shape index (κ3) is 4.74. The van der Waals surface area contributed by atoms with Crippen LogP contribution >= 0.6 is 12.2 Å². The van der Waals surface area contributed by atoms with Crippen molar-refractivity contribution in [2.45, 2.75) is 6.61 Å². The fraction of sp³-hybridized carbons (Fsp3) is 0.105. The summed E-state index contributed by atoms with van der Waals surface area (Å²) >= 11 is 4.76. The zero-order chi connectivity index (χ0) is 21.0. The summed E-state index contributed by atoms with van der Waals surface area (Å²) in [7, 11) is 1.45. The first-order valence-electron chi connectivity index (χ1n) is 8.30. The number of nitrogens with one attached hydrogen (secondary N) is 2. The van der Waals surface area contributed by atoms with Gasteiger partial charge in [-0.05, 0) is 41.6 Å². The van der Waals surface area contributed by atoms with Crippen LogP contribution in [0.5, 0.6) is 11.5 Å². The van der Waals surface area contributed by atoms with Crippen LogP contribution in [0.1, 0.15) is 11.1 Å². The number of nitrogens with zero attached hydrogens (tertiary/aromatic N) is 1. The van der Waals surface area contributed by atoms with Gasteiger partial charge in [0.15, 0.2) is 16.6 Å². The highest BCUT2D eigenvalue weighted by Gasteiger charge is 2.25. The minimum atomic E-state index is -0.594. The summed E-state index contributed by atoms with van der Waals surface area (Å²) < 4.78 is 11.0. The molecule has 9 nitrogen and oxygen atoms in total. The average molecular weight is 413 g/mol. The number of carbonyl (C=O) groups is 2. The molecule has 2 aromatic rings. The summed E-state index contributed by atoms with van der Waals surface area (Å²) in [5.41, 5.74) is 1.05. The molecule has 2 aromatic carbocycles. The van der Waals surface area contributed by atoms with Crippen molar-refractivity contribution in [1.29, 1.82) is 0 Å². The Morgan fingerprint density at radius 3 is 2.48 bits per heavy atom. The topological polar surface area (TPSA) is 120 Å². The Bertz CT molecular complexity index is 1030. The van der Waals surface area contributed by atoms with E-state index in [0.29, 0.717) is 22.6 Å². The Balaban J connectivity index is 1.79. The van der Waals surface area contributed by atoms with Gasteiger partial charge in [0.25, 0.3) is 17.5 Å². The van der Waals surface area contributed by atoms with E-state index >= 15 is 0 Å². The molecule has 0 unspecified atom stereocenters. The minimum absolute atomic E-state index is 0.0245. The first-order chi connectivity index (χ1) is 13.9. The number of nitro benzene ring substituents is 1. The molecule has 1 aliphatic rings. The number of carbonyl (C=O) groups excluding carboxylic acids is 2. The monoisotopic (exact) mass is 413 g/mol. The van der Waals surface area contributed by atoms with Crippen LogP contribution in [0.25, 0.3) is 6.08 Å². The van der Waals surface area contributed by atoms with Crippen molar-refractivity contribution in [2.24, 2.45) is 0 Å². The van der Waals surface area contributed by atoms with Gasteiger partial charge in [0.05, 0.1) is 12.0 Å². The summed E-state index contributed by atoms with van der Waals surface area (Å²) in [6.07, 6.45) is 1.40. The number of hydrogen-bond acceptors (Lipinski definition) is 7. The molecule has 2 amide bonds. The van der Waals surface area contributed by atoms with E-state index in [2.05, 4.69) is 10.6 Å². The largest absolute Gasteiger partial charge is 0.493 e. The standard InChI is InChI=1S/C19H15N3O6S/c1-27-16-9-11(8-14-17(23)20-19(29)21-18(14)24)5-6-15(16)28-10-12-3-2-4-13(7-12)22(25)26/h2-9H,10H2,1H3,(H2,20,21,23,24,29). The van der Waals surface area contributed by atoms with Crippen LogP contribution in [0, 0.1) is 10.1 Å². The molecule has 1 saturated heterocycles. The molecule has 1 fully saturated rings. The van der Waals surface area contributed by atoms with Crippen molar-refractivity contribution < 1.29 is 24.0 Å². The quantitative estimate of drug-likeness (QED) is 0.245. The SMILES string of the molecule is COc1cc(C=C2C(=O)NC(=S)NC2=O)ccc1OCc1cccc([N+](=O)[O-])c1. The number of nitro groups is 1. The lowest BCUT2D eigenvalue weighted by atomic mass is 10.1. The Kier molecular flexibility index (Phi) is 5.84. The predicted octanol–water partition coefficient (Wildman–Crippen LogP) is 2.10. The molecule has 2 N–H and O–H groups in total. The molecule has 29 heavy (non-hydrogen) atoms. The van der Waals surface area contributed by atoms with Crippen molar-refractivity contribution in [1.82, 2.24) is 10.6 Å². The molecular formula is C19H15N3O6S. The highest BCUT2D eigenvalue weighted by atomic mass is 32.1. The van der Waals surface area contributed by atoms with Crippen LogP contribution in [0.4, 0.5) is 5.69 Å². The normalized spacial score (nSPS) is 13.4. The smallest absolute Gasteiger partial charge is 0.269 e. The first-order valence-corrected chi connectivity index (χ1v) is 8.70. The average Bonchev–Trinajstić information content (AvgIpc) is 2.69. The third-order valence-electron chi connectivity index (χ3n) is 3.96. The maximum atomic E-state index is 11.9. The molecular weight excluding hydrogens is 398 g/mol. The van der Waals surface area contributed by atoms with Gasteiger partial charge in [0.2, 0.25) is 0 Å². The maximum absolute atomic E-state index is 11.9. The van der Waals surface area contributed by atoms with Gasteiger partial charge in [-0.2, -0.15) is 0 Å². The number of rotatable bonds is 6. The molecule has 10 heteroatoms. The molecule has 0 radical (unpaired) electrons. The van der Waals surface area contributed by atoms with Gasteiger partial charge in [-0.25, -0.2) is 0 Å². The zero-order valence-electron chi connectivity index (χ0n) is 15.1. The summed E-state index contributed by atoms with van der Waals surface area (Å²) in [5, 5.41) is 15.5. The summed E-state index contributed by atoms with van der Waals surface area (Å²) in [6, 6.07) is 11.0. The van der Waals surface area contributed by atoms with Gasteiger partial charge in [-0.3, -0.25) is 30.3 Å². The maximum Gasteiger partial charge on any atom is 0.269 e.